The van der Waals surface area contributed by atoms with Crippen LogP contribution in [0.1, 0.15) is 35.9 Å². The smallest absolute Gasteiger partial charge is 0.255 e. The van der Waals surface area contributed by atoms with Crippen molar-refractivity contribution in [2.75, 3.05) is 37.4 Å². The molecule has 0 bridgehead atoms. The minimum atomic E-state index is -3.09. The van der Waals surface area contributed by atoms with Gasteiger partial charge in [0, 0.05) is 41.2 Å². The predicted molar refractivity (Wildman–Crippen MR) is 181 cm³/mol. The van der Waals surface area contributed by atoms with Gasteiger partial charge in [0.15, 0.2) is 22.3 Å². The number of nitrogens with two attached hydrogens (primary N) is 1. The largest absolute Gasteiger partial charge is 0.510 e. The Morgan fingerprint density at radius 1 is 1.04 bits per heavy atom. The van der Waals surface area contributed by atoms with Crippen LogP contribution in [0.15, 0.2) is 64.4 Å². The highest BCUT2D eigenvalue weighted by Gasteiger charge is 2.67. The Hall–Kier alpha value is -4.80. The highest BCUT2D eigenvalue weighted by Crippen LogP contribution is 2.55. The van der Waals surface area contributed by atoms with Crippen molar-refractivity contribution in [3.8, 4) is 17.0 Å². The van der Waals surface area contributed by atoms with Crippen LogP contribution in [-0.2, 0) is 9.59 Å². The Kier molecular flexibility index (Phi) is 8.53. The van der Waals surface area contributed by atoms with E-state index in [1.807, 2.05) is 29.6 Å². The van der Waals surface area contributed by atoms with Gasteiger partial charge in [0.2, 0.25) is 5.78 Å². The van der Waals surface area contributed by atoms with Gasteiger partial charge in [-0.25, -0.2) is 4.98 Å². The van der Waals surface area contributed by atoms with Crippen LogP contribution in [0.2, 0.25) is 0 Å². The summed E-state index contributed by atoms with van der Waals surface area (Å²) in [5.74, 6) is -9.98. The van der Waals surface area contributed by atoms with Crippen molar-refractivity contribution in [3.63, 3.8) is 0 Å². The van der Waals surface area contributed by atoms with Crippen molar-refractivity contribution >= 4 is 45.3 Å². The van der Waals surface area contributed by atoms with Crippen LogP contribution in [-0.4, -0.2) is 103 Å². The fraction of sp³-hybridized carbons (Fsp3) is 0.353. The minimum absolute atomic E-state index is 0.0360. The van der Waals surface area contributed by atoms with Crippen molar-refractivity contribution in [2.24, 2.45) is 17.6 Å². The Bertz CT molecular complexity index is 1930. The van der Waals surface area contributed by atoms with Gasteiger partial charge >= 0.3 is 0 Å². The number of aliphatic hydroxyl groups excluding tert-OH is 4. The lowest BCUT2D eigenvalue weighted by Gasteiger charge is -2.53. The van der Waals surface area contributed by atoms with E-state index >= 15 is 0 Å². The third-order valence-electron chi connectivity index (χ3n) is 9.80. The first-order chi connectivity index (χ1) is 23.2. The van der Waals surface area contributed by atoms with Gasteiger partial charge in [-0.1, -0.05) is 18.2 Å². The van der Waals surface area contributed by atoms with E-state index in [0.717, 1.165) is 24.3 Å². The summed E-state index contributed by atoms with van der Waals surface area (Å²) in [5.41, 5.74) is 2.68. The highest BCUT2D eigenvalue weighted by molar-refractivity contribution is 7.14. The molecule has 6 atom stereocenters. The third kappa shape index (κ3) is 4.99. The van der Waals surface area contributed by atoms with Gasteiger partial charge in [-0.3, -0.25) is 19.3 Å². The number of hydrogen-bond donors (Lipinski definition) is 8. The van der Waals surface area contributed by atoms with Crippen molar-refractivity contribution in [3.05, 3.63) is 75.6 Å². The first-order valence-electron chi connectivity index (χ1n) is 15.6. The van der Waals surface area contributed by atoms with Crippen LogP contribution in [0.3, 0.4) is 0 Å². The number of fused-ring (bicyclic) bond motifs is 3. The van der Waals surface area contributed by atoms with E-state index in [9.17, 15) is 45.0 Å². The maximum absolute atomic E-state index is 14.1. The number of anilines is 3. The van der Waals surface area contributed by atoms with Crippen LogP contribution in [0.4, 0.5) is 16.5 Å². The second kappa shape index (κ2) is 12.3. The molecule has 1 heterocycles. The molecule has 0 saturated heterocycles. The van der Waals surface area contributed by atoms with Crippen molar-refractivity contribution in [2.45, 2.75) is 37.7 Å². The van der Waals surface area contributed by atoms with E-state index in [4.69, 9.17) is 5.73 Å². The third-order valence-corrected chi connectivity index (χ3v) is 10.6. The number of Topliss-reactive ketones (excluding diaryl/α,β-unsaturated/α-hetero) is 2. The zero-order valence-electron chi connectivity index (χ0n) is 27.1. The first-order valence-corrected chi connectivity index (χ1v) is 16.5. The molecule has 2 aromatic carbocycles. The number of benzene rings is 2. The van der Waals surface area contributed by atoms with Crippen LogP contribution in [0.5, 0.6) is 5.75 Å². The lowest BCUT2D eigenvalue weighted by Crippen LogP contribution is -2.68. The van der Waals surface area contributed by atoms with Gasteiger partial charge in [-0.05, 0) is 51.7 Å². The fourth-order valence-corrected chi connectivity index (χ4v) is 8.13. The molecule has 15 heteroatoms. The van der Waals surface area contributed by atoms with Crippen molar-refractivity contribution in [1.82, 2.24) is 9.88 Å². The van der Waals surface area contributed by atoms with Crippen LogP contribution >= 0.6 is 11.3 Å². The molecule has 3 aliphatic carbocycles. The summed E-state index contributed by atoms with van der Waals surface area (Å²) in [6, 6.07) is 9.29. The zero-order chi connectivity index (χ0) is 35.7. The molecule has 0 unspecified atom stereocenters. The summed E-state index contributed by atoms with van der Waals surface area (Å²) in [7, 11) is 2.86. The summed E-state index contributed by atoms with van der Waals surface area (Å²) in [6.07, 6.45) is -3.62. The van der Waals surface area contributed by atoms with E-state index < -0.39 is 87.1 Å². The van der Waals surface area contributed by atoms with Gasteiger partial charge < -0.3 is 46.6 Å². The molecule has 0 saturated carbocycles. The van der Waals surface area contributed by atoms with E-state index in [-0.39, 0.29) is 11.3 Å². The average molecular weight is 692 g/mol. The highest BCUT2D eigenvalue weighted by atomic mass is 32.1. The maximum Gasteiger partial charge on any atom is 0.255 e. The minimum Gasteiger partial charge on any atom is -0.510 e. The number of ketones is 2. The number of carbonyl (C=O) groups excluding carboxylic acids is 3. The molecule has 0 spiro atoms. The molecule has 3 aromatic rings. The summed E-state index contributed by atoms with van der Waals surface area (Å²) >= 11 is 1.24. The van der Waals surface area contributed by atoms with E-state index in [2.05, 4.69) is 29.0 Å². The Balaban J connectivity index is 1.38. The summed E-state index contributed by atoms with van der Waals surface area (Å²) in [4.78, 5) is 48.0. The standard InChI is InChI=1S/C34H37N5O9S/c1-5-39(6-2)15-9-7-14(8-10-15)18-13-49-33(37-18)36-17-12-11-16-19(26(17)41)27(42)21-20(25(16)40)28(43)23-24(38(3)4)29(44)22(32(35)47)31(46)34(23,48)30(21)45/h7-13,20,23-25,28,40-41,43-45,48H,5-6H2,1-4H3,(H2,35,47)(H,36,37)/t20-,23+,24-,25-,28-,34-/m0/s1. The topological polar surface area (TPSA) is 230 Å². The van der Waals surface area contributed by atoms with Crippen LogP contribution < -0.4 is 16.0 Å². The molecule has 1 aromatic heterocycles. The fourth-order valence-electron chi connectivity index (χ4n) is 7.40. The number of thiazole rings is 1. The lowest BCUT2D eigenvalue weighted by atomic mass is 9.56. The normalized spacial score (nSPS) is 26.4. The molecule has 9 N–H and O–H groups in total. The molecule has 6 rings (SSSR count). The van der Waals surface area contributed by atoms with Gasteiger partial charge in [0.25, 0.3) is 5.91 Å². The van der Waals surface area contributed by atoms with Crippen molar-refractivity contribution in [1.29, 1.82) is 0 Å². The number of nitrogens with one attached hydrogen (secondary N) is 1. The molecule has 0 aliphatic heterocycles. The molecule has 49 heavy (non-hydrogen) atoms. The molecule has 258 valence electrons. The number of likely N-dealkylation sites (N-methyl/N-ethyl adjacent to an activating group) is 1. The van der Waals surface area contributed by atoms with Gasteiger partial charge in [-0.2, -0.15) is 0 Å². The molecule has 3 aliphatic rings. The number of hydrogen-bond acceptors (Lipinski definition) is 14. The number of nitrogens with zero attached hydrogens (tertiary/aromatic N) is 3. The van der Waals surface area contributed by atoms with Gasteiger partial charge in [0.05, 0.1) is 41.1 Å². The Morgan fingerprint density at radius 3 is 2.29 bits per heavy atom. The number of aromatic nitrogens is 1. The average Bonchev–Trinajstić information content (AvgIpc) is 3.53. The summed E-state index contributed by atoms with van der Waals surface area (Å²) < 4.78 is 0. The molecular weight excluding hydrogens is 654 g/mol. The SMILES string of the molecule is CCN(CC)c1ccc(-c2csc(Nc3ccc4c(c3O)C(=O)C3=C(O)[C@]5(O)C(=O)C(C(N)=O)=C(O)[C@@H](N(C)C)[C@@H]5[C@@H](O)[C@@H]3[C@H]4O)n2)cc1. The summed E-state index contributed by atoms with van der Waals surface area (Å²) in [5, 5.41) is 73.9. The first kappa shape index (κ1) is 34.1. The van der Waals surface area contributed by atoms with E-state index in [1.165, 1.54) is 42.5 Å². The molecular formula is C34H37N5O9S. The second-order valence-electron chi connectivity index (χ2n) is 12.5. The number of carbonyl (C=O) groups is 3. The number of amides is 1. The number of aliphatic hydroxyl groups is 5. The van der Waals surface area contributed by atoms with Gasteiger partial charge in [0.1, 0.15) is 17.1 Å². The van der Waals surface area contributed by atoms with E-state index in [0.29, 0.717) is 10.8 Å². The monoisotopic (exact) mass is 691 g/mol. The Labute approximate surface area is 285 Å². The number of phenolic OH excluding ortho intramolecular Hbond substituents is 1. The number of rotatable bonds is 8. The zero-order valence-corrected chi connectivity index (χ0v) is 27.9. The van der Waals surface area contributed by atoms with Crippen LogP contribution in [0, 0.1) is 11.8 Å². The maximum atomic E-state index is 14.1. The molecule has 14 nitrogen and oxygen atoms in total. The summed E-state index contributed by atoms with van der Waals surface area (Å²) in [6.45, 7) is 5.91. The van der Waals surface area contributed by atoms with Crippen molar-refractivity contribution < 1.29 is 45.0 Å². The number of phenols is 1. The predicted octanol–water partition coefficient (Wildman–Crippen LogP) is 2.30. The molecule has 1 amide bonds. The van der Waals surface area contributed by atoms with E-state index in [1.54, 1.807) is 0 Å². The molecule has 0 fully saturated rings. The van der Waals surface area contributed by atoms with Crippen LogP contribution in [0.25, 0.3) is 11.3 Å². The van der Waals surface area contributed by atoms with Gasteiger partial charge in [-0.15, -0.1) is 11.3 Å². The Morgan fingerprint density at radius 2 is 1.69 bits per heavy atom. The second-order valence-corrected chi connectivity index (χ2v) is 13.4. The number of aromatic hydroxyl groups is 1. The quantitative estimate of drug-likeness (QED) is 0.125. The number of primary amides is 1. The lowest BCUT2D eigenvalue weighted by molar-refractivity contribution is -0.166. The molecule has 0 radical (unpaired) electrons.